The summed E-state index contributed by atoms with van der Waals surface area (Å²) in [5.74, 6) is 0.205. The molecule has 1 saturated heterocycles. The molecular weight excluding hydrogens is 466 g/mol. The molecule has 0 aliphatic carbocycles. The van der Waals surface area contributed by atoms with Crippen molar-refractivity contribution in [1.29, 1.82) is 0 Å². The highest BCUT2D eigenvalue weighted by Gasteiger charge is 2.46. The summed E-state index contributed by atoms with van der Waals surface area (Å²) in [6, 6.07) is 0. The Kier molecular flexibility index (Phi) is 7.34. The van der Waals surface area contributed by atoms with Gasteiger partial charge in [0, 0.05) is 11.3 Å². The van der Waals surface area contributed by atoms with E-state index in [2.05, 4.69) is 92.7 Å². The maximum Gasteiger partial charge on any atom is 0.192 e. The number of ether oxygens (including phenoxy) is 1. The molecule has 0 aromatic carbocycles. The van der Waals surface area contributed by atoms with E-state index < -0.39 is 16.6 Å². The molecule has 3 atom stereocenters. The molecule has 10 nitrogen and oxygen atoms in total. The van der Waals surface area contributed by atoms with Gasteiger partial charge in [0.05, 0.1) is 19.0 Å². The first-order valence-corrected chi connectivity index (χ1v) is 17.6. The van der Waals surface area contributed by atoms with Crippen LogP contribution in [0.2, 0.25) is 36.3 Å². The summed E-state index contributed by atoms with van der Waals surface area (Å²) in [6.45, 7) is 22.9. The number of rotatable bonds is 7. The summed E-state index contributed by atoms with van der Waals surface area (Å²) in [4.78, 5) is 15.7. The van der Waals surface area contributed by atoms with Crippen molar-refractivity contribution in [2.24, 2.45) is 5.11 Å². The highest BCUT2D eigenvalue weighted by Crippen LogP contribution is 2.43. The molecule has 0 bridgehead atoms. The van der Waals surface area contributed by atoms with Gasteiger partial charge in [-0.3, -0.25) is 4.57 Å². The maximum atomic E-state index is 8.84. The van der Waals surface area contributed by atoms with E-state index in [1.54, 1.807) is 6.33 Å². The van der Waals surface area contributed by atoms with Crippen molar-refractivity contribution < 1.29 is 13.6 Å². The fraction of sp³-hybridized carbons (Fsp3) is 0.773. The molecule has 0 unspecified atom stereocenters. The number of aromatic nitrogens is 4. The van der Waals surface area contributed by atoms with E-state index in [9.17, 15) is 0 Å². The number of imidazole rings is 1. The Morgan fingerprint density at radius 2 is 1.74 bits per heavy atom. The number of nitrogens with zero attached hydrogens (tertiary/aromatic N) is 7. The number of fused-ring (bicyclic) bond motifs is 1. The van der Waals surface area contributed by atoms with Crippen LogP contribution in [0.5, 0.6) is 0 Å². The van der Waals surface area contributed by atoms with Crippen LogP contribution < -0.4 is 0 Å². The smallest absolute Gasteiger partial charge is 0.192 e. The number of hydrogen-bond donors (Lipinski definition) is 0. The lowest BCUT2D eigenvalue weighted by Gasteiger charge is -2.40. The quantitative estimate of drug-likeness (QED) is 0.184. The van der Waals surface area contributed by atoms with Crippen LogP contribution in [0.15, 0.2) is 17.8 Å². The van der Waals surface area contributed by atoms with Crippen LogP contribution in [0.25, 0.3) is 21.6 Å². The molecule has 0 amide bonds. The van der Waals surface area contributed by atoms with Gasteiger partial charge in [-0.15, -0.1) is 0 Å². The van der Waals surface area contributed by atoms with E-state index in [0.717, 1.165) is 0 Å². The molecule has 2 aromatic heterocycles. The fourth-order valence-corrected chi connectivity index (χ4v) is 5.75. The number of hydrogen-bond acceptors (Lipinski definition) is 7. The number of azide groups is 1. The molecule has 0 spiro atoms. The Balaban J connectivity index is 1.91. The van der Waals surface area contributed by atoms with Gasteiger partial charge in [-0.05, 0) is 46.9 Å². The minimum Gasteiger partial charge on any atom is -0.414 e. The summed E-state index contributed by atoms with van der Waals surface area (Å²) < 4.78 is 21.8. The Hall–Kier alpha value is -1.83. The van der Waals surface area contributed by atoms with Crippen molar-refractivity contribution in [3.05, 3.63) is 23.1 Å². The summed E-state index contributed by atoms with van der Waals surface area (Å²) in [5, 5.41) is 3.82. The average molecular weight is 506 g/mol. The van der Waals surface area contributed by atoms with E-state index in [1.807, 2.05) is 4.57 Å². The topological polar surface area (TPSA) is 120 Å². The first kappa shape index (κ1) is 26.8. The first-order chi connectivity index (χ1) is 15.6. The molecule has 12 heteroatoms. The van der Waals surface area contributed by atoms with Crippen molar-refractivity contribution in [2.45, 2.75) is 103 Å². The van der Waals surface area contributed by atoms with E-state index in [0.29, 0.717) is 24.2 Å². The predicted molar refractivity (Wildman–Crippen MR) is 138 cm³/mol. The summed E-state index contributed by atoms with van der Waals surface area (Å²) in [5.41, 5.74) is 9.86. The molecule has 3 rings (SSSR count). The van der Waals surface area contributed by atoms with Crippen LogP contribution in [0, 0.1) is 0 Å². The standard InChI is InChI=1S/C22H39N7O3Si2/c1-21(2,3)33(7,8)30-12-16-15(32-34(9,10)22(4,5)6)11-17(31-16)29-14-26-18-19(27-28-23)24-13-25-20(18)29/h13-17H,11-12H2,1-10H3/t15-,16+,17+/m0/s1. The van der Waals surface area contributed by atoms with Crippen molar-refractivity contribution in [1.82, 2.24) is 19.5 Å². The molecule has 188 valence electrons. The van der Waals surface area contributed by atoms with Crippen LogP contribution in [-0.4, -0.2) is 55.0 Å². The van der Waals surface area contributed by atoms with Crippen molar-refractivity contribution >= 4 is 33.6 Å². The van der Waals surface area contributed by atoms with E-state index in [1.165, 1.54) is 6.33 Å². The minimum absolute atomic E-state index is 0.0784. The van der Waals surface area contributed by atoms with Crippen LogP contribution in [0.1, 0.15) is 54.2 Å². The molecule has 3 heterocycles. The second-order valence-corrected chi connectivity index (χ2v) is 21.6. The third-order valence-electron chi connectivity index (χ3n) is 7.64. The van der Waals surface area contributed by atoms with Gasteiger partial charge >= 0.3 is 0 Å². The molecule has 34 heavy (non-hydrogen) atoms. The Morgan fingerprint density at radius 3 is 2.32 bits per heavy atom. The zero-order valence-electron chi connectivity index (χ0n) is 22.2. The molecule has 0 N–H and O–H groups in total. The average Bonchev–Trinajstić information content (AvgIpc) is 3.29. The fourth-order valence-electron chi connectivity index (χ4n) is 3.37. The van der Waals surface area contributed by atoms with E-state index >= 15 is 0 Å². The van der Waals surface area contributed by atoms with Crippen LogP contribution >= 0.6 is 0 Å². The van der Waals surface area contributed by atoms with Gasteiger partial charge in [0.2, 0.25) is 0 Å². The van der Waals surface area contributed by atoms with Gasteiger partial charge in [-0.2, -0.15) is 0 Å². The van der Waals surface area contributed by atoms with Gasteiger partial charge in [-0.25, -0.2) is 15.0 Å². The lowest BCUT2D eigenvalue weighted by molar-refractivity contribution is -0.0383. The van der Waals surface area contributed by atoms with Crippen LogP contribution in [-0.2, 0) is 13.6 Å². The highest BCUT2D eigenvalue weighted by atomic mass is 28.4. The minimum atomic E-state index is -2.04. The largest absolute Gasteiger partial charge is 0.414 e. The Morgan fingerprint density at radius 1 is 1.09 bits per heavy atom. The van der Waals surface area contributed by atoms with Gasteiger partial charge in [0.25, 0.3) is 0 Å². The van der Waals surface area contributed by atoms with Gasteiger partial charge in [-0.1, -0.05) is 41.5 Å². The molecular formula is C22H39N7O3Si2. The summed E-state index contributed by atoms with van der Waals surface area (Å²) in [6.07, 6.45) is 3.07. The molecule has 1 aliphatic heterocycles. The lowest BCUT2D eigenvalue weighted by Crippen LogP contribution is -2.48. The van der Waals surface area contributed by atoms with Crippen molar-refractivity contribution in [3.8, 4) is 0 Å². The monoisotopic (exact) mass is 505 g/mol. The summed E-state index contributed by atoms with van der Waals surface area (Å²) >= 11 is 0. The van der Waals surface area contributed by atoms with E-state index in [4.69, 9.17) is 19.1 Å². The first-order valence-electron chi connectivity index (χ1n) is 11.8. The molecule has 2 aromatic rings. The van der Waals surface area contributed by atoms with Crippen molar-refractivity contribution in [2.75, 3.05) is 6.61 Å². The zero-order valence-corrected chi connectivity index (χ0v) is 24.2. The molecule has 1 aliphatic rings. The molecule has 0 saturated carbocycles. The van der Waals surface area contributed by atoms with Gasteiger partial charge in [0.1, 0.15) is 24.2 Å². The third-order valence-corrected chi connectivity index (χ3v) is 16.6. The maximum absolute atomic E-state index is 8.84. The Bertz CT molecular complexity index is 1070. The van der Waals surface area contributed by atoms with Gasteiger partial charge < -0.3 is 13.6 Å². The lowest BCUT2D eigenvalue weighted by atomic mass is 10.2. The third kappa shape index (κ3) is 5.37. The van der Waals surface area contributed by atoms with Crippen molar-refractivity contribution in [3.63, 3.8) is 0 Å². The van der Waals surface area contributed by atoms with Gasteiger partial charge in [0.15, 0.2) is 28.1 Å². The SMILES string of the molecule is CC(C)(C)[Si](C)(C)OC[C@H]1O[C@@H](n2cnc3c(N=[N+]=[N-])ncnc32)C[C@@H]1O[Si](C)(C)C(C)(C)C. The second-order valence-electron chi connectivity index (χ2n) is 12.1. The predicted octanol–water partition coefficient (Wildman–Crippen LogP) is 6.47. The molecule has 1 fully saturated rings. The van der Waals surface area contributed by atoms with Crippen LogP contribution in [0.4, 0.5) is 5.82 Å². The molecule has 0 radical (unpaired) electrons. The highest BCUT2D eigenvalue weighted by molar-refractivity contribution is 6.74. The zero-order chi connectivity index (χ0) is 25.5. The second kappa shape index (κ2) is 9.32. The van der Waals surface area contributed by atoms with Crippen LogP contribution in [0.3, 0.4) is 0 Å². The summed E-state index contributed by atoms with van der Waals surface area (Å²) in [7, 11) is -4.00. The van der Waals surface area contributed by atoms with E-state index in [-0.39, 0.29) is 34.3 Å². The normalized spacial score (nSPS) is 22.2. The Labute approximate surface area is 204 Å².